The lowest BCUT2D eigenvalue weighted by atomic mass is 10.1. The average molecular weight is 227 g/mol. The minimum atomic E-state index is -4.87. The van der Waals surface area contributed by atoms with Crippen LogP contribution in [0.1, 0.15) is 11.1 Å². The summed E-state index contributed by atoms with van der Waals surface area (Å²) in [7, 11) is 0. The van der Waals surface area contributed by atoms with E-state index in [1.807, 2.05) is 0 Å². The molecular weight excluding hydrogens is 223 g/mol. The Kier molecular flexibility index (Phi) is 3.31. The van der Waals surface area contributed by atoms with Crippen LogP contribution in [0.15, 0.2) is 12.3 Å². The summed E-state index contributed by atoms with van der Waals surface area (Å²) >= 11 is 0. The van der Waals surface area contributed by atoms with E-state index in [-0.39, 0.29) is 17.5 Å². The van der Waals surface area contributed by atoms with E-state index in [1.165, 1.54) is 0 Å². The van der Waals surface area contributed by atoms with Gasteiger partial charge in [0.15, 0.2) is 0 Å². The van der Waals surface area contributed by atoms with Crippen molar-refractivity contribution in [1.82, 2.24) is 4.98 Å². The fourth-order valence-corrected chi connectivity index (χ4v) is 0.972. The van der Waals surface area contributed by atoms with Gasteiger partial charge in [-0.15, -0.1) is 13.2 Å². The smallest absolute Gasteiger partial charge is 0.388 e. The van der Waals surface area contributed by atoms with Crippen molar-refractivity contribution in [2.75, 3.05) is 0 Å². The maximum Gasteiger partial charge on any atom is 0.574 e. The van der Waals surface area contributed by atoms with Crippen molar-refractivity contribution >= 4 is 0 Å². The third kappa shape index (κ3) is 3.14. The molecule has 1 aromatic heterocycles. The summed E-state index contributed by atoms with van der Waals surface area (Å²) in [5, 5.41) is 16.9. The molecule has 0 bridgehead atoms. The Labute approximate surface area is 88.5 Å². The lowest BCUT2D eigenvalue weighted by molar-refractivity contribution is -0.276. The Hall–Kier alpha value is -2.28. The van der Waals surface area contributed by atoms with E-state index >= 15 is 0 Å². The van der Waals surface area contributed by atoms with E-state index in [0.29, 0.717) is 0 Å². The molecule has 1 aromatic rings. The molecule has 0 spiro atoms. The van der Waals surface area contributed by atoms with Crippen LogP contribution in [0.25, 0.3) is 0 Å². The Morgan fingerprint density at radius 3 is 2.56 bits per heavy atom. The second kappa shape index (κ2) is 4.49. The molecule has 0 aliphatic carbocycles. The van der Waals surface area contributed by atoms with Gasteiger partial charge in [-0.1, -0.05) is 0 Å². The Morgan fingerprint density at radius 1 is 1.38 bits per heavy atom. The highest BCUT2D eigenvalue weighted by molar-refractivity contribution is 5.37. The second-order valence-electron chi connectivity index (χ2n) is 2.68. The summed E-state index contributed by atoms with van der Waals surface area (Å²) in [4.78, 5) is 3.34. The summed E-state index contributed by atoms with van der Waals surface area (Å²) in [5.74, 6) is -0.701. The SMILES string of the molecule is N#CCc1cc(C#N)cnc1OC(F)(F)F. The number of hydrogen-bond acceptors (Lipinski definition) is 4. The fraction of sp³-hybridized carbons (Fsp3) is 0.222. The number of alkyl halides is 3. The van der Waals surface area contributed by atoms with Crippen molar-refractivity contribution in [1.29, 1.82) is 10.5 Å². The number of nitrogens with zero attached hydrogens (tertiary/aromatic N) is 3. The second-order valence-corrected chi connectivity index (χ2v) is 2.68. The van der Waals surface area contributed by atoms with Crippen LogP contribution in [0.3, 0.4) is 0 Å². The van der Waals surface area contributed by atoms with Crippen LogP contribution in [0.2, 0.25) is 0 Å². The molecule has 0 fully saturated rings. The topological polar surface area (TPSA) is 69.7 Å². The van der Waals surface area contributed by atoms with Gasteiger partial charge in [0.05, 0.1) is 18.1 Å². The largest absolute Gasteiger partial charge is 0.574 e. The van der Waals surface area contributed by atoms with Gasteiger partial charge in [-0.05, 0) is 6.07 Å². The molecule has 0 aliphatic heterocycles. The van der Waals surface area contributed by atoms with Crippen molar-refractivity contribution in [3.8, 4) is 18.0 Å². The van der Waals surface area contributed by atoms with Crippen LogP contribution >= 0.6 is 0 Å². The molecule has 0 aromatic carbocycles. The van der Waals surface area contributed by atoms with Gasteiger partial charge < -0.3 is 4.74 Å². The first kappa shape index (κ1) is 11.8. The fourth-order valence-electron chi connectivity index (χ4n) is 0.972. The maximum atomic E-state index is 11.9. The summed E-state index contributed by atoms with van der Waals surface area (Å²) in [5.41, 5.74) is -0.00125. The normalized spacial score (nSPS) is 10.3. The molecule has 0 saturated carbocycles. The molecule has 1 heterocycles. The molecule has 0 N–H and O–H groups in total. The minimum absolute atomic E-state index is 0.0692. The van der Waals surface area contributed by atoms with Gasteiger partial charge in [-0.3, -0.25) is 0 Å². The quantitative estimate of drug-likeness (QED) is 0.773. The third-order valence-electron chi connectivity index (χ3n) is 1.54. The molecule has 1 rings (SSSR count). The number of hydrogen-bond donors (Lipinski definition) is 0. The highest BCUT2D eigenvalue weighted by Gasteiger charge is 2.32. The molecule has 0 unspecified atom stereocenters. The Morgan fingerprint density at radius 2 is 2.06 bits per heavy atom. The summed E-state index contributed by atoms with van der Waals surface area (Å²) in [6.07, 6.45) is -4.23. The monoisotopic (exact) mass is 227 g/mol. The minimum Gasteiger partial charge on any atom is -0.388 e. The summed E-state index contributed by atoms with van der Waals surface area (Å²) in [6.45, 7) is 0. The van der Waals surface area contributed by atoms with Crippen LogP contribution in [0.4, 0.5) is 13.2 Å². The number of ether oxygens (including phenoxy) is 1. The highest BCUT2D eigenvalue weighted by Crippen LogP contribution is 2.24. The van der Waals surface area contributed by atoms with Gasteiger partial charge in [-0.2, -0.15) is 10.5 Å². The van der Waals surface area contributed by atoms with E-state index in [1.54, 1.807) is 12.1 Å². The average Bonchev–Trinajstić information content (AvgIpc) is 2.19. The van der Waals surface area contributed by atoms with E-state index in [2.05, 4.69) is 9.72 Å². The first-order chi connectivity index (χ1) is 7.46. The predicted molar refractivity (Wildman–Crippen MR) is 45.0 cm³/mol. The number of halogens is 3. The van der Waals surface area contributed by atoms with Gasteiger partial charge in [-0.25, -0.2) is 4.98 Å². The number of aromatic nitrogens is 1. The molecule has 16 heavy (non-hydrogen) atoms. The van der Waals surface area contributed by atoms with Crippen molar-refractivity contribution < 1.29 is 17.9 Å². The van der Waals surface area contributed by atoms with Gasteiger partial charge in [0.1, 0.15) is 6.07 Å². The third-order valence-corrected chi connectivity index (χ3v) is 1.54. The van der Waals surface area contributed by atoms with Gasteiger partial charge in [0.2, 0.25) is 5.88 Å². The molecular formula is C9H4F3N3O. The molecule has 0 saturated heterocycles. The van der Waals surface area contributed by atoms with Crippen LogP contribution in [-0.2, 0) is 6.42 Å². The zero-order valence-corrected chi connectivity index (χ0v) is 7.75. The molecule has 7 heteroatoms. The first-order valence-electron chi connectivity index (χ1n) is 3.98. The van der Waals surface area contributed by atoms with Gasteiger partial charge in [0.25, 0.3) is 0 Å². The highest BCUT2D eigenvalue weighted by atomic mass is 19.4. The van der Waals surface area contributed by atoms with Crippen LogP contribution in [-0.4, -0.2) is 11.3 Å². The molecule has 0 atom stereocenters. The van der Waals surface area contributed by atoms with E-state index in [9.17, 15) is 13.2 Å². The van der Waals surface area contributed by atoms with E-state index < -0.39 is 12.2 Å². The molecule has 0 amide bonds. The van der Waals surface area contributed by atoms with Gasteiger partial charge >= 0.3 is 6.36 Å². The standard InChI is InChI=1S/C9H4F3N3O/c10-9(11,12)16-8-7(1-2-13)3-6(4-14)5-15-8/h3,5H,1H2. The van der Waals surface area contributed by atoms with E-state index in [0.717, 1.165) is 12.3 Å². The molecule has 0 aliphatic rings. The lowest BCUT2D eigenvalue weighted by Gasteiger charge is -2.10. The van der Waals surface area contributed by atoms with Crippen molar-refractivity contribution in [3.63, 3.8) is 0 Å². The number of rotatable bonds is 2. The van der Waals surface area contributed by atoms with Crippen LogP contribution in [0, 0.1) is 22.7 Å². The molecule has 82 valence electrons. The van der Waals surface area contributed by atoms with E-state index in [4.69, 9.17) is 10.5 Å². The number of pyridine rings is 1. The zero-order valence-electron chi connectivity index (χ0n) is 7.75. The lowest BCUT2D eigenvalue weighted by Crippen LogP contribution is -2.19. The zero-order chi connectivity index (χ0) is 12.2. The van der Waals surface area contributed by atoms with Crippen LogP contribution < -0.4 is 4.74 Å². The Balaban J connectivity index is 3.10. The summed E-state index contributed by atoms with van der Waals surface area (Å²) in [6, 6.07) is 4.51. The van der Waals surface area contributed by atoms with Crippen molar-refractivity contribution in [2.24, 2.45) is 0 Å². The summed E-state index contributed by atoms with van der Waals surface area (Å²) < 4.78 is 39.4. The predicted octanol–water partition coefficient (Wildman–Crippen LogP) is 1.92. The first-order valence-corrected chi connectivity index (χ1v) is 3.98. The number of nitriles is 2. The molecule has 4 nitrogen and oxygen atoms in total. The van der Waals surface area contributed by atoms with Crippen molar-refractivity contribution in [3.05, 3.63) is 23.4 Å². The van der Waals surface area contributed by atoms with Crippen LogP contribution in [0.5, 0.6) is 5.88 Å². The van der Waals surface area contributed by atoms with Crippen molar-refractivity contribution in [2.45, 2.75) is 12.8 Å². The van der Waals surface area contributed by atoms with Gasteiger partial charge in [0, 0.05) is 11.8 Å². The maximum absolute atomic E-state index is 11.9. The molecule has 0 radical (unpaired) electrons. The Bertz CT molecular complexity index is 470.